The molecule has 2 atom stereocenters. The highest BCUT2D eigenvalue weighted by Gasteiger charge is 2.51. The number of amides is 4. The van der Waals surface area contributed by atoms with Gasteiger partial charge in [0.25, 0.3) is 0 Å². The van der Waals surface area contributed by atoms with Crippen LogP contribution in [0.2, 0.25) is 5.02 Å². The second kappa shape index (κ2) is 11.2. The van der Waals surface area contributed by atoms with Crippen molar-refractivity contribution in [2.45, 2.75) is 43.6 Å². The normalized spacial score (nSPS) is 21.4. The number of ether oxygens (including phenoxy) is 2. The van der Waals surface area contributed by atoms with Crippen molar-refractivity contribution >= 4 is 52.7 Å². The van der Waals surface area contributed by atoms with Gasteiger partial charge in [-0.1, -0.05) is 18.0 Å². The van der Waals surface area contributed by atoms with Crippen LogP contribution in [0.4, 0.5) is 31.0 Å². The van der Waals surface area contributed by atoms with E-state index in [0.29, 0.717) is 47.7 Å². The number of methoxy groups -OCH3 is 1. The van der Waals surface area contributed by atoms with Crippen LogP contribution in [0.5, 0.6) is 0 Å². The van der Waals surface area contributed by atoms with E-state index in [4.69, 9.17) is 16.3 Å². The number of benzene rings is 2. The summed E-state index contributed by atoms with van der Waals surface area (Å²) in [6.45, 7) is 0.178. The molecule has 4 N–H and O–H groups in total. The summed E-state index contributed by atoms with van der Waals surface area (Å²) in [5.41, 5.74) is 1.05. The van der Waals surface area contributed by atoms with Crippen LogP contribution in [0, 0.1) is 5.82 Å². The molecule has 1 fully saturated rings. The number of nitrogens with one attached hydrogen (secondary N) is 4. The Kier molecular flexibility index (Phi) is 7.42. The van der Waals surface area contributed by atoms with Crippen LogP contribution in [0.15, 0.2) is 36.5 Å². The van der Waals surface area contributed by atoms with Crippen LogP contribution >= 0.6 is 11.6 Å². The van der Waals surface area contributed by atoms with Crippen LogP contribution in [0.25, 0.3) is 11.3 Å². The molecule has 14 heteroatoms. The summed E-state index contributed by atoms with van der Waals surface area (Å²) >= 11 is 6.07. The first-order chi connectivity index (χ1) is 20.7. The molecule has 6 rings (SSSR count). The lowest BCUT2D eigenvalue weighted by atomic mass is 9.89. The number of H-pyrrole nitrogens is 1. The number of imidazole rings is 1. The van der Waals surface area contributed by atoms with Crippen molar-refractivity contribution in [3.63, 3.8) is 0 Å². The number of aromatic nitrogens is 2. The number of likely N-dealkylation sites (tertiary alicyclic amines) is 1. The zero-order chi connectivity index (χ0) is 30.3. The molecular weight excluding hydrogens is 583 g/mol. The van der Waals surface area contributed by atoms with Gasteiger partial charge in [-0.3, -0.25) is 20.2 Å². The molecule has 2 aromatic carbocycles. The van der Waals surface area contributed by atoms with E-state index in [2.05, 4.69) is 30.7 Å². The minimum atomic E-state index is -1.38. The summed E-state index contributed by atoms with van der Waals surface area (Å²) in [5.74, 6) is -1.41. The molecule has 1 spiro atoms. The van der Waals surface area contributed by atoms with Gasteiger partial charge in [0.15, 0.2) is 11.4 Å². The number of nitrogens with zero attached hydrogens (tertiary/aromatic N) is 2. The molecule has 3 aliphatic heterocycles. The fourth-order valence-electron chi connectivity index (χ4n) is 5.95. The number of aromatic amines is 1. The van der Waals surface area contributed by atoms with E-state index in [1.807, 2.05) is 0 Å². The maximum absolute atomic E-state index is 15.3. The van der Waals surface area contributed by atoms with Crippen LogP contribution in [-0.4, -0.2) is 59.1 Å². The lowest BCUT2D eigenvalue weighted by molar-refractivity contribution is -0.133. The number of carbonyl (C=O) groups is 4. The van der Waals surface area contributed by atoms with E-state index in [0.717, 1.165) is 0 Å². The van der Waals surface area contributed by atoms with Gasteiger partial charge in [-0.15, -0.1) is 0 Å². The lowest BCUT2D eigenvalue weighted by Crippen LogP contribution is -2.44. The first-order valence-electron chi connectivity index (χ1n) is 13.8. The van der Waals surface area contributed by atoms with Crippen LogP contribution < -0.4 is 16.0 Å². The van der Waals surface area contributed by atoms with Gasteiger partial charge >= 0.3 is 12.2 Å². The highest BCUT2D eigenvalue weighted by Crippen LogP contribution is 2.46. The number of anilines is 3. The highest BCUT2D eigenvalue weighted by atomic mass is 35.5. The first-order valence-corrected chi connectivity index (χ1v) is 14.2. The Bertz CT molecular complexity index is 1650. The molecule has 4 amide bonds. The van der Waals surface area contributed by atoms with Crippen molar-refractivity contribution in [2.75, 3.05) is 36.1 Å². The third-order valence-corrected chi connectivity index (χ3v) is 8.30. The third kappa shape index (κ3) is 5.36. The Morgan fingerprint density at radius 2 is 2.02 bits per heavy atom. The average molecular weight is 611 g/mol. The number of rotatable bonds is 2. The number of fused-ring (bicyclic) bond motifs is 6. The van der Waals surface area contributed by atoms with Gasteiger partial charge in [0.2, 0.25) is 11.8 Å². The zero-order valence-corrected chi connectivity index (χ0v) is 23.8. The van der Waals surface area contributed by atoms with E-state index in [-0.39, 0.29) is 54.0 Å². The van der Waals surface area contributed by atoms with Gasteiger partial charge in [-0.2, -0.15) is 0 Å². The highest BCUT2D eigenvalue weighted by molar-refractivity contribution is 6.31. The first kappa shape index (κ1) is 28.5. The third-order valence-electron chi connectivity index (χ3n) is 8.00. The van der Waals surface area contributed by atoms with E-state index < -0.39 is 29.5 Å². The molecule has 3 aliphatic rings. The fraction of sp³-hybridized carbons (Fsp3) is 0.345. The summed E-state index contributed by atoms with van der Waals surface area (Å²) in [6.07, 6.45) is 2.11. The maximum atomic E-state index is 15.3. The minimum absolute atomic E-state index is 0.0468. The largest absolute Gasteiger partial charge is 0.453 e. The number of hydrogen-bond donors (Lipinski definition) is 4. The van der Waals surface area contributed by atoms with E-state index in [1.54, 1.807) is 29.3 Å². The molecule has 0 saturated carbocycles. The van der Waals surface area contributed by atoms with E-state index in [9.17, 15) is 19.2 Å². The molecule has 2 bridgehead atoms. The molecule has 0 aliphatic carbocycles. The number of hydrogen-bond acceptors (Lipinski definition) is 7. The topological polar surface area (TPSA) is 155 Å². The van der Waals surface area contributed by atoms with Crippen molar-refractivity contribution in [3.8, 4) is 11.3 Å². The Morgan fingerprint density at radius 1 is 1.19 bits per heavy atom. The van der Waals surface area contributed by atoms with Crippen molar-refractivity contribution in [3.05, 3.63) is 58.8 Å². The molecular formula is C29H28ClFN6O6. The van der Waals surface area contributed by atoms with Crippen molar-refractivity contribution in [1.29, 1.82) is 0 Å². The second-order valence-corrected chi connectivity index (χ2v) is 11.1. The molecule has 224 valence electrons. The summed E-state index contributed by atoms with van der Waals surface area (Å²) in [6, 6.07) is 7.87. The maximum Gasteiger partial charge on any atom is 0.412 e. The van der Waals surface area contributed by atoms with E-state index in [1.165, 1.54) is 19.2 Å². The van der Waals surface area contributed by atoms with Gasteiger partial charge in [0.05, 0.1) is 53.4 Å². The van der Waals surface area contributed by atoms with Crippen molar-refractivity contribution in [1.82, 2.24) is 14.9 Å². The lowest BCUT2D eigenvalue weighted by Gasteiger charge is -2.36. The molecule has 3 aromatic rings. The molecule has 1 saturated heterocycles. The van der Waals surface area contributed by atoms with Gasteiger partial charge in [-0.25, -0.2) is 19.0 Å². The van der Waals surface area contributed by atoms with Crippen molar-refractivity contribution < 1.29 is 33.0 Å². The van der Waals surface area contributed by atoms with E-state index >= 15 is 4.39 Å². The fourth-order valence-corrected chi connectivity index (χ4v) is 6.10. The smallest absolute Gasteiger partial charge is 0.412 e. The monoisotopic (exact) mass is 610 g/mol. The summed E-state index contributed by atoms with van der Waals surface area (Å²) in [7, 11) is 1.25. The molecule has 0 radical (unpaired) electrons. The Labute approximate surface area is 250 Å². The molecule has 12 nitrogen and oxygen atoms in total. The quantitative estimate of drug-likeness (QED) is 0.305. The Balaban J connectivity index is 1.30. The summed E-state index contributed by atoms with van der Waals surface area (Å²) in [5, 5.41) is 7.89. The Hall–Kier alpha value is -4.65. The Morgan fingerprint density at radius 3 is 2.84 bits per heavy atom. The molecule has 1 aromatic heterocycles. The number of carbonyl (C=O) groups excluding carboxylic acids is 4. The zero-order valence-electron chi connectivity index (χ0n) is 23.1. The number of halogens is 2. The molecule has 43 heavy (non-hydrogen) atoms. The predicted octanol–water partition coefficient (Wildman–Crippen LogP) is 5.33. The molecule has 1 unspecified atom stereocenters. The van der Waals surface area contributed by atoms with Crippen LogP contribution in [0.1, 0.15) is 49.4 Å². The van der Waals surface area contributed by atoms with Gasteiger partial charge in [0.1, 0.15) is 5.82 Å². The SMILES string of the molecule is COC(=O)Nc1ccc2c(c1)NC(=O)CCCCC(C(=O)N1CC[C@@]3(C1)OC(=O)Nc1ccc(Cl)c(F)c13)c1ncc-2[nH]1. The summed E-state index contributed by atoms with van der Waals surface area (Å²) < 4.78 is 25.6. The van der Waals surface area contributed by atoms with Gasteiger partial charge in [-0.05, 0) is 43.2 Å². The molecule has 4 heterocycles. The standard InChI is InChI=1S/C29H28ClFN6O6/c1-42-27(40)33-15-6-7-16-20(12-15)34-22(38)5-3-2-4-17(25-32-13-21(16)35-25)26(39)37-11-10-29(14-37)23-19(36-28(41)43-29)9-8-18(30)24(23)31/h6-9,12-13,17H,2-5,10-11,14H2,1H3,(H,32,35)(H,33,40)(H,34,38)(H,36,41)/t17?,29-/m0/s1. The van der Waals surface area contributed by atoms with Crippen LogP contribution in [-0.2, 0) is 24.7 Å². The summed E-state index contributed by atoms with van der Waals surface area (Å²) in [4.78, 5) is 60.3. The average Bonchev–Trinajstić information content (AvgIpc) is 3.62. The van der Waals surface area contributed by atoms with Crippen molar-refractivity contribution in [2.24, 2.45) is 0 Å². The minimum Gasteiger partial charge on any atom is -0.453 e. The van der Waals surface area contributed by atoms with Crippen LogP contribution in [0.3, 0.4) is 0 Å². The predicted molar refractivity (Wildman–Crippen MR) is 154 cm³/mol. The second-order valence-electron chi connectivity index (χ2n) is 10.7. The van der Waals surface area contributed by atoms with Gasteiger partial charge < -0.3 is 24.7 Å². The van der Waals surface area contributed by atoms with Gasteiger partial charge in [0, 0.05) is 30.6 Å².